The van der Waals surface area contributed by atoms with Crippen LogP contribution in [0, 0.1) is 0 Å². The molecule has 0 saturated carbocycles. The molecule has 1 aliphatic rings. The van der Waals surface area contributed by atoms with E-state index in [1.165, 1.54) is 9.87 Å². The molecular weight excluding hydrogens is 426 g/mol. The predicted molar refractivity (Wildman–Crippen MR) is 127 cm³/mol. The summed E-state index contributed by atoms with van der Waals surface area (Å²) in [4.78, 5) is 15.0. The molecule has 1 N–H and O–H groups in total. The van der Waals surface area contributed by atoms with Crippen molar-refractivity contribution in [3.05, 3.63) is 65.2 Å². The van der Waals surface area contributed by atoms with Crippen LogP contribution in [-0.4, -0.2) is 58.3 Å². The molecule has 1 amide bonds. The maximum atomic E-state index is 12.7. The van der Waals surface area contributed by atoms with E-state index in [1.807, 2.05) is 38.1 Å². The summed E-state index contributed by atoms with van der Waals surface area (Å²) in [5.74, 6) is -0.208. The number of carbonyl (C=O) groups is 1. The molecule has 2 aromatic rings. The van der Waals surface area contributed by atoms with Crippen molar-refractivity contribution < 1.29 is 17.9 Å². The fourth-order valence-corrected chi connectivity index (χ4v) is 4.70. The van der Waals surface area contributed by atoms with Gasteiger partial charge in [-0.2, -0.15) is 0 Å². The zero-order valence-electron chi connectivity index (χ0n) is 19.1. The second-order valence-electron chi connectivity index (χ2n) is 8.47. The van der Waals surface area contributed by atoms with E-state index < -0.39 is 10.0 Å². The van der Waals surface area contributed by atoms with Gasteiger partial charge >= 0.3 is 0 Å². The van der Waals surface area contributed by atoms with Gasteiger partial charge in [0.15, 0.2) is 0 Å². The normalized spacial score (nSPS) is 15.0. The lowest BCUT2D eigenvalue weighted by atomic mass is 10.0. The van der Waals surface area contributed by atoms with Crippen LogP contribution >= 0.6 is 0 Å². The third kappa shape index (κ3) is 6.79. The van der Waals surface area contributed by atoms with E-state index in [0.717, 1.165) is 50.2 Å². The third-order valence-corrected chi connectivity index (χ3v) is 6.63. The van der Waals surface area contributed by atoms with E-state index in [2.05, 4.69) is 22.3 Å². The molecule has 1 fully saturated rings. The van der Waals surface area contributed by atoms with Crippen molar-refractivity contribution in [3.63, 3.8) is 0 Å². The van der Waals surface area contributed by atoms with Crippen molar-refractivity contribution in [2.45, 2.75) is 32.9 Å². The van der Waals surface area contributed by atoms with E-state index >= 15 is 0 Å². The number of carbonyl (C=O) groups excluding carboxylic acids is 1. The Labute approximate surface area is 191 Å². The molecule has 32 heavy (non-hydrogen) atoms. The number of hydrogen-bond donors (Lipinski definition) is 1. The first-order valence-corrected chi connectivity index (χ1v) is 12.8. The van der Waals surface area contributed by atoms with Crippen molar-refractivity contribution in [1.29, 1.82) is 0 Å². The van der Waals surface area contributed by atoms with Crippen LogP contribution in [0.15, 0.2) is 48.5 Å². The Kier molecular flexibility index (Phi) is 8.28. The van der Waals surface area contributed by atoms with Crippen molar-refractivity contribution in [3.8, 4) is 0 Å². The highest BCUT2D eigenvalue weighted by Crippen LogP contribution is 2.28. The fourth-order valence-electron chi connectivity index (χ4n) is 3.83. The Morgan fingerprint density at radius 2 is 1.78 bits per heavy atom. The van der Waals surface area contributed by atoms with Gasteiger partial charge in [0, 0.05) is 26.2 Å². The number of ether oxygens (including phenoxy) is 1. The molecule has 0 aromatic heterocycles. The number of nitrogens with one attached hydrogen (secondary N) is 1. The van der Waals surface area contributed by atoms with Gasteiger partial charge < -0.3 is 10.1 Å². The summed E-state index contributed by atoms with van der Waals surface area (Å²) in [7, 11) is -3.62. The average molecular weight is 460 g/mol. The van der Waals surface area contributed by atoms with Crippen LogP contribution in [0.3, 0.4) is 0 Å². The number of morpholine rings is 1. The van der Waals surface area contributed by atoms with Crippen LogP contribution in [0.2, 0.25) is 0 Å². The van der Waals surface area contributed by atoms with Crippen LogP contribution in [-0.2, 0) is 32.6 Å². The number of benzene rings is 2. The second-order valence-corrected chi connectivity index (χ2v) is 10.4. The van der Waals surface area contributed by atoms with Crippen molar-refractivity contribution in [1.82, 2.24) is 10.2 Å². The SMILES string of the molecule is CC(C)c1ccccc1N(CC(=O)NCc1cccc(CN2CCOCC2)c1)S(C)(=O)=O. The highest BCUT2D eigenvalue weighted by Gasteiger charge is 2.23. The highest BCUT2D eigenvalue weighted by molar-refractivity contribution is 7.92. The molecule has 7 nitrogen and oxygen atoms in total. The van der Waals surface area contributed by atoms with E-state index in [4.69, 9.17) is 4.74 Å². The molecule has 0 spiro atoms. The van der Waals surface area contributed by atoms with E-state index in [0.29, 0.717) is 12.2 Å². The molecule has 8 heteroatoms. The summed E-state index contributed by atoms with van der Waals surface area (Å²) in [6.45, 7) is 8.29. The van der Waals surface area contributed by atoms with Crippen LogP contribution < -0.4 is 9.62 Å². The van der Waals surface area contributed by atoms with Gasteiger partial charge in [-0.05, 0) is 28.7 Å². The van der Waals surface area contributed by atoms with Crippen LogP contribution in [0.25, 0.3) is 0 Å². The number of nitrogens with zero attached hydrogens (tertiary/aromatic N) is 2. The van der Waals surface area contributed by atoms with Gasteiger partial charge in [0.05, 0.1) is 25.2 Å². The Bertz CT molecular complexity index is 1020. The Hall–Kier alpha value is -2.42. The predicted octanol–water partition coefficient (Wildman–Crippen LogP) is 2.72. The Morgan fingerprint density at radius 3 is 2.47 bits per heavy atom. The molecule has 1 aliphatic heterocycles. The topological polar surface area (TPSA) is 79.0 Å². The van der Waals surface area contributed by atoms with Crippen LogP contribution in [0.4, 0.5) is 5.69 Å². The minimum Gasteiger partial charge on any atom is -0.379 e. The number of rotatable bonds is 9. The van der Waals surface area contributed by atoms with Gasteiger partial charge in [0.1, 0.15) is 6.54 Å². The molecule has 1 saturated heterocycles. The summed E-state index contributed by atoms with van der Waals surface area (Å²) in [6, 6.07) is 15.4. The molecular formula is C24H33N3O4S. The number of anilines is 1. The maximum absolute atomic E-state index is 12.7. The highest BCUT2D eigenvalue weighted by atomic mass is 32.2. The average Bonchev–Trinajstić information content (AvgIpc) is 2.76. The molecule has 0 unspecified atom stereocenters. The molecule has 1 heterocycles. The molecule has 0 atom stereocenters. The largest absolute Gasteiger partial charge is 0.379 e. The van der Waals surface area contributed by atoms with E-state index in [1.54, 1.807) is 12.1 Å². The minimum absolute atomic E-state index is 0.132. The maximum Gasteiger partial charge on any atom is 0.241 e. The number of para-hydroxylation sites is 1. The molecule has 3 rings (SSSR count). The second kappa shape index (κ2) is 10.9. The third-order valence-electron chi connectivity index (χ3n) is 5.51. The minimum atomic E-state index is -3.62. The van der Waals surface area contributed by atoms with E-state index in [9.17, 15) is 13.2 Å². The van der Waals surface area contributed by atoms with Crippen molar-refractivity contribution in [2.24, 2.45) is 0 Å². The summed E-state index contributed by atoms with van der Waals surface area (Å²) >= 11 is 0. The van der Waals surface area contributed by atoms with Gasteiger partial charge in [0.2, 0.25) is 15.9 Å². The first kappa shape index (κ1) is 24.2. The van der Waals surface area contributed by atoms with Crippen molar-refractivity contribution in [2.75, 3.05) is 43.4 Å². The summed E-state index contributed by atoms with van der Waals surface area (Å²) in [5, 5.41) is 2.87. The number of sulfonamides is 1. The van der Waals surface area contributed by atoms with Gasteiger partial charge in [-0.15, -0.1) is 0 Å². The van der Waals surface area contributed by atoms with Crippen molar-refractivity contribution >= 4 is 21.6 Å². The van der Waals surface area contributed by atoms with Crippen LogP contribution in [0.1, 0.15) is 36.5 Å². The van der Waals surface area contributed by atoms with E-state index in [-0.39, 0.29) is 18.4 Å². The zero-order chi connectivity index (χ0) is 23.1. The molecule has 0 radical (unpaired) electrons. The van der Waals surface area contributed by atoms with Gasteiger partial charge in [0.25, 0.3) is 0 Å². The lowest BCUT2D eigenvalue weighted by Gasteiger charge is -2.26. The van der Waals surface area contributed by atoms with Gasteiger partial charge in [-0.1, -0.05) is 56.3 Å². The lowest BCUT2D eigenvalue weighted by Crippen LogP contribution is -2.40. The van der Waals surface area contributed by atoms with Gasteiger partial charge in [-0.25, -0.2) is 8.42 Å². The molecule has 0 bridgehead atoms. The Morgan fingerprint density at radius 1 is 1.09 bits per heavy atom. The van der Waals surface area contributed by atoms with Crippen LogP contribution in [0.5, 0.6) is 0 Å². The molecule has 174 valence electrons. The monoisotopic (exact) mass is 459 g/mol. The lowest BCUT2D eigenvalue weighted by molar-refractivity contribution is -0.119. The molecule has 0 aliphatic carbocycles. The number of amides is 1. The summed E-state index contributed by atoms with van der Waals surface area (Å²) < 4.78 is 31.6. The summed E-state index contributed by atoms with van der Waals surface area (Å²) in [6.07, 6.45) is 1.13. The first-order valence-electron chi connectivity index (χ1n) is 11.0. The first-order chi connectivity index (χ1) is 15.2. The Balaban J connectivity index is 1.64. The standard InChI is InChI=1S/C24H33N3O4S/c1-19(2)22-9-4-5-10-23(22)27(32(3,29)30)18-24(28)25-16-20-7-6-8-21(15-20)17-26-11-13-31-14-12-26/h4-10,15,19H,11-14,16-18H2,1-3H3,(H,25,28). The fraction of sp³-hybridized carbons (Fsp3) is 0.458. The smallest absolute Gasteiger partial charge is 0.241 e. The van der Waals surface area contributed by atoms with Gasteiger partial charge in [-0.3, -0.25) is 14.0 Å². The molecule has 2 aromatic carbocycles. The number of hydrogen-bond acceptors (Lipinski definition) is 5. The zero-order valence-corrected chi connectivity index (χ0v) is 19.9. The quantitative estimate of drug-likeness (QED) is 0.624. The summed E-state index contributed by atoms with van der Waals surface area (Å²) in [5.41, 5.74) is 3.61.